The zero-order chi connectivity index (χ0) is 19.2. The van der Waals surface area contributed by atoms with E-state index in [1.54, 1.807) is 12.1 Å². The summed E-state index contributed by atoms with van der Waals surface area (Å²) in [5.41, 5.74) is 3.39. The fraction of sp³-hybridized carbons (Fsp3) is 0.300. The lowest BCUT2D eigenvalue weighted by Gasteiger charge is -2.28. The van der Waals surface area contributed by atoms with Crippen molar-refractivity contribution in [3.63, 3.8) is 0 Å². The fourth-order valence-electron chi connectivity index (χ4n) is 3.82. The summed E-state index contributed by atoms with van der Waals surface area (Å²) in [6.07, 6.45) is 0.683. The molecule has 0 spiro atoms. The second-order valence-electron chi connectivity index (χ2n) is 6.61. The Morgan fingerprint density at radius 3 is 2.56 bits per heavy atom. The molecule has 7 heteroatoms. The molecular weight excluding hydrogens is 364 g/mol. The fourth-order valence-corrected chi connectivity index (χ4v) is 5.39. The van der Waals surface area contributed by atoms with Crippen LogP contribution in [0.15, 0.2) is 47.4 Å². The zero-order valence-corrected chi connectivity index (χ0v) is 16.4. The molecule has 1 aliphatic heterocycles. The van der Waals surface area contributed by atoms with Crippen LogP contribution in [0.4, 0.5) is 0 Å². The van der Waals surface area contributed by atoms with E-state index in [0.29, 0.717) is 31.0 Å². The molecule has 0 N–H and O–H groups in total. The molecule has 0 saturated heterocycles. The van der Waals surface area contributed by atoms with Crippen LogP contribution in [0.2, 0.25) is 0 Å². The maximum absolute atomic E-state index is 13.4. The van der Waals surface area contributed by atoms with Gasteiger partial charge in [0.25, 0.3) is 0 Å². The summed E-state index contributed by atoms with van der Waals surface area (Å²) < 4.78 is 40.8. The van der Waals surface area contributed by atoms with Crippen LogP contribution >= 0.6 is 0 Å². The van der Waals surface area contributed by atoms with Crippen LogP contribution in [-0.4, -0.2) is 38.1 Å². The first-order valence-electron chi connectivity index (χ1n) is 8.74. The average Bonchev–Trinajstić information content (AvgIpc) is 2.99. The van der Waals surface area contributed by atoms with E-state index in [4.69, 9.17) is 9.47 Å². The van der Waals surface area contributed by atoms with Crippen LogP contribution in [0.3, 0.4) is 0 Å². The summed E-state index contributed by atoms with van der Waals surface area (Å²) in [6.45, 7) is 0.771. The van der Waals surface area contributed by atoms with Crippen molar-refractivity contribution in [3.05, 3.63) is 53.7 Å². The van der Waals surface area contributed by atoms with Gasteiger partial charge in [0.15, 0.2) is 0 Å². The number of ether oxygens (including phenoxy) is 2. The normalized spacial score (nSPS) is 14.9. The molecule has 0 aliphatic carbocycles. The molecule has 2 heterocycles. The van der Waals surface area contributed by atoms with Crippen molar-refractivity contribution >= 4 is 20.9 Å². The van der Waals surface area contributed by atoms with Crippen molar-refractivity contribution in [2.75, 3.05) is 20.8 Å². The van der Waals surface area contributed by atoms with Gasteiger partial charge in [-0.2, -0.15) is 4.31 Å². The van der Waals surface area contributed by atoms with Crippen LogP contribution < -0.4 is 9.47 Å². The minimum atomic E-state index is -3.72. The molecule has 1 aliphatic rings. The van der Waals surface area contributed by atoms with Crippen LogP contribution in [0.5, 0.6) is 11.5 Å². The second kappa shape index (κ2) is 6.58. The number of hydrogen-bond acceptors (Lipinski definition) is 4. The second-order valence-corrected chi connectivity index (χ2v) is 8.51. The third-order valence-corrected chi connectivity index (χ3v) is 7.14. The van der Waals surface area contributed by atoms with Crippen LogP contribution in [0.25, 0.3) is 10.9 Å². The van der Waals surface area contributed by atoms with E-state index in [0.717, 1.165) is 11.2 Å². The Bertz CT molecular complexity index is 1120. The topological polar surface area (TPSA) is 60.8 Å². The molecule has 4 rings (SSSR count). The van der Waals surface area contributed by atoms with Gasteiger partial charge in [0.1, 0.15) is 16.4 Å². The maximum atomic E-state index is 13.4. The first kappa shape index (κ1) is 17.9. The number of rotatable bonds is 4. The monoisotopic (exact) mass is 386 g/mol. The number of nitrogens with zero attached hydrogens (tertiary/aromatic N) is 2. The summed E-state index contributed by atoms with van der Waals surface area (Å²) in [5, 5.41) is 1.20. The van der Waals surface area contributed by atoms with E-state index >= 15 is 0 Å². The number of hydrogen-bond donors (Lipinski definition) is 0. The Hall–Kier alpha value is -2.51. The van der Waals surface area contributed by atoms with Crippen molar-refractivity contribution in [1.29, 1.82) is 0 Å². The van der Waals surface area contributed by atoms with Crippen molar-refractivity contribution in [2.24, 2.45) is 7.05 Å². The highest BCUT2D eigenvalue weighted by Crippen LogP contribution is 2.35. The molecule has 0 amide bonds. The largest absolute Gasteiger partial charge is 0.497 e. The summed E-state index contributed by atoms with van der Waals surface area (Å²) in [4.78, 5) is 0.131. The van der Waals surface area contributed by atoms with E-state index in [9.17, 15) is 8.42 Å². The van der Waals surface area contributed by atoms with Crippen molar-refractivity contribution in [1.82, 2.24) is 8.87 Å². The van der Waals surface area contributed by atoms with Gasteiger partial charge in [-0.15, -0.1) is 0 Å². The lowest BCUT2D eigenvalue weighted by molar-refractivity contribution is 0.369. The number of para-hydroxylation sites is 1. The lowest BCUT2D eigenvalue weighted by atomic mass is 10.1. The SMILES string of the molecule is COc1ccc(OC)c(S(=O)(=O)N2CCc3c(n(C)c4ccccc34)C2)c1. The molecule has 0 saturated carbocycles. The summed E-state index contributed by atoms with van der Waals surface area (Å²) in [6, 6.07) is 13.0. The molecule has 0 bridgehead atoms. The molecular formula is C20H22N2O4S. The van der Waals surface area contributed by atoms with E-state index in [1.165, 1.54) is 35.5 Å². The average molecular weight is 386 g/mol. The van der Waals surface area contributed by atoms with Crippen molar-refractivity contribution in [2.45, 2.75) is 17.9 Å². The van der Waals surface area contributed by atoms with Crippen LogP contribution in [-0.2, 0) is 30.0 Å². The molecule has 0 unspecified atom stereocenters. The van der Waals surface area contributed by atoms with Gasteiger partial charge in [-0.25, -0.2) is 8.42 Å². The molecule has 0 radical (unpaired) electrons. The molecule has 27 heavy (non-hydrogen) atoms. The molecule has 2 aromatic carbocycles. The van der Waals surface area contributed by atoms with Crippen LogP contribution in [0, 0.1) is 0 Å². The minimum absolute atomic E-state index is 0.131. The van der Waals surface area contributed by atoms with Gasteiger partial charge in [0.05, 0.1) is 20.8 Å². The number of aromatic nitrogens is 1. The van der Waals surface area contributed by atoms with Crippen LogP contribution in [0.1, 0.15) is 11.3 Å². The predicted octanol–water partition coefficient (Wildman–Crippen LogP) is 2.94. The molecule has 0 fully saturated rings. The van der Waals surface area contributed by atoms with Gasteiger partial charge in [-0.05, 0) is 30.2 Å². The predicted molar refractivity (Wildman–Crippen MR) is 104 cm³/mol. The van der Waals surface area contributed by atoms with Gasteiger partial charge in [0, 0.05) is 36.3 Å². The first-order chi connectivity index (χ1) is 13.0. The Morgan fingerprint density at radius 2 is 1.81 bits per heavy atom. The minimum Gasteiger partial charge on any atom is -0.497 e. The van der Waals surface area contributed by atoms with Crippen molar-refractivity contribution < 1.29 is 17.9 Å². The Labute approximate surface area is 159 Å². The Kier molecular flexibility index (Phi) is 4.36. The van der Waals surface area contributed by atoms with Crippen molar-refractivity contribution in [3.8, 4) is 11.5 Å². The third-order valence-electron chi connectivity index (χ3n) is 5.27. The number of aryl methyl sites for hydroxylation is 1. The Morgan fingerprint density at radius 1 is 1.04 bits per heavy atom. The number of sulfonamides is 1. The molecule has 0 atom stereocenters. The van der Waals surface area contributed by atoms with Gasteiger partial charge in [-0.1, -0.05) is 18.2 Å². The van der Waals surface area contributed by atoms with E-state index in [-0.39, 0.29) is 4.90 Å². The van der Waals surface area contributed by atoms with Gasteiger partial charge in [-0.3, -0.25) is 0 Å². The number of fused-ring (bicyclic) bond motifs is 3. The number of methoxy groups -OCH3 is 2. The maximum Gasteiger partial charge on any atom is 0.247 e. The Balaban J connectivity index is 1.78. The smallest absolute Gasteiger partial charge is 0.247 e. The lowest BCUT2D eigenvalue weighted by Crippen LogP contribution is -2.36. The summed E-state index contributed by atoms with van der Waals surface area (Å²) >= 11 is 0. The third kappa shape index (κ3) is 2.78. The highest BCUT2D eigenvalue weighted by molar-refractivity contribution is 7.89. The molecule has 1 aromatic heterocycles. The number of benzene rings is 2. The van der Waals surface area contributed by atoms with Gasteiger partial charge in [0.2, 0.25) is 10.0 Å². The van der Waals surface area contributed by atoms with E-state index in [1.807, 2.05) is 19.2 Å². The quantitative estimate of drug-likeness (QED) is 0.692. The first-order valence-corrected chi connectivity index (χ1v) is 10.2. The molecule has 3 aromatic rings. The van der Waals surface area contributed by atoms with Gasteiger partial charge < -0.3 is 14.0 Å². The molecule has 142 valence electrons. The molecule has 6 nitrogen and oxygen atoms in total. The summed E-state index contributed by atoms with van der Waals surface area (Å²) in [7, 11) is 1.26. The van der Waals surface area contributed by atoms with E-state index in [2.05, 4.69) is 16.7 Å². The summed E-state index contributed by atoms with van der Waals surface area (Å²) in [5.74, 6) is 0.801. The highest BCUT2D eigenvalue weighted by atomic mass is 32.2. The zero-order valence-electron chi connectivity index (χ0n) is 15.6. The van der Waals surface area contributed by atoms with Gasteiger partial charge >= 0.3 is 0 Å². The van der Waals surface area contributed by atoms with E-state index < -0.39 is 10.0 Å². The standard InChI is InChI=1S/C20H22N2O4S/c1-21-17-7-5-4-6-15(17)16-10-11-22(13-18(16)21)27(23,24)20-12-14(25-2)8-9-19(20)26-3/h4-9,12H,10-11,13H2,1-3H3. The highest BCUT2D eigenvalue weighted by Gasteiger charge is 2.33.